The Morgan fingerprint density at radius 2 is 2.05 bits per heavy atom. The quantitative estimate of drug-likeness (QED) is 0.783. The maximum absolute atomic E-state index is 12.4. The van der Waals surface area contributed by atoms with Crippen LogP contribution in [0.15, 0.2) is 42.6 Å². The Kier molecular flexibility index (Phi) is 3.20. The van der Waals surface area contributed by atoms with E-state index in [4.69, 9.17) is 5.26 Å². The summed E-state index contributed by atoms with van der Waals surface area (Å²) in [7, 11) is 0. The van der Waals surface area contributed by atoms with Gasteiger partial charge in [-0.15, -0.1) is 0 Å². The molecule has 0 N–H and O–H groups in total. The molecule has 21 heavy (non-hydrogen) atoms. The maximum Gasteiger partial charge on any atom is 0.261 e. The first-order chi connectivity index (χ1) is 10.2. The third-order valence-corrected chi connectivity index (χ3v) is 3.42. The Balaban J connectivity index is 1.91. The zero-order valence-corrected chi connectivity index (χ0v) is 11.1. The van der Waals surface area contributed by atoms with Gasteiger partial charge in [-0.25, -0.2) is 4.98 Å². The van der Waals surface area contributed by atoms with E-state index in [2.05, 4.69) is 4.98 Å². The highest BCUT2D eigenvalue weighted by Crippen LogP contribution is 2.21. The van der Waals surface area contributed by atoms with E-state index in [1.54, 1.807) is 30.3 Å². The molecule has 0 fully saturated rings. The van der Waals surface area contributed by atoms with Crippen molar-refractivity contribution in [3.63, 3.8) is 0 Å². The molecule has 5 heteroatoms. The molecular formula is C16H11N3O2. The number of nitriles is 1. The fourth-order valence-electron chi connectivity index (χ4n) is 2.38. The van der Waals surface area contributed by atoms with Gasteiger partial charge in [-0.05, 0) is 29.3 Å². The maximum atomic E-state index is 12.4. The normalized spacial score (nSPS) is 13.8. The molecule has 0 aliphatic carbocycles. The summed E-state index contributed by atoms with van der Waals surface area (Å²) in [5.74, 6) is -0.522. The second kappa shape index (κ2) is 5.17. The van der Waals surface area contributed by atoms with Crippen LogP contribution >= 0.6 is 0 Å². The topological polar surface area (TPSA) is 74.1 Å². The van der Waals surface area contributed by atoms with E-state index in [1.165, 1.54) is 11.1 Å². The molecule has 1 aliphatic rings. The van der Waals surface area contributed by atoms with Crippen LogP contribution in [-0.2, 0) is 17.8 Å². The minimum absolute atomic E-state index is 0.156. The van der Waals surface area contributed by atoms with Crippen LogP contribution in [0.25, 0.3) is 0 Å². The third kappa shape index (κ3) is 2.39. The number of nitrogens with zero attached hydrogens (tertiary/aromatic N) is 3. The first-order valence-electron chi connectivity index (χ1n) is 6.46. The number of pyridine rings is 1. The highest BCUT2D eigenvalue weighted by Gasteiger charge is 2.30. The Morgan fingerprint density at radius 3 is 2.86 bits per heavy atom. The first-order valence-corrected chi connectivity index (χ1v) is 6.46. The molecule has 2 aromatic rings. The van der Waals surface area contributed by atoms with Crippen molar-refractivity contribution in [1.29, 1.82) is 5.26 Å². The fraction of sp³-hybridized carbons (Fsp3) is 0.125. The average Bonchev–Trinajstić information content (AvgIpc) is 2.51. The van der Waals surface area contributed by atoms with Crippen LogP contribution in [0.5, 0.6) is 0 Å². The summed E-state index contributed by atoms with van der Waals surface area (Å²) in [6, 6.07) is 12.3. The number of imide groups is 1. The van der Waals surface area contributed by atoms with E-state index in [0.717, 1.165) is 5.56 Å². The lowest BCUT2D eigenvalue weighted by Crippen LogP contribution is -2.41. The van der Waals surface area contributed by atoms with Crippen LogP contribution in [0.1, 0.15) is 27.2 Å². The zero-order valence-electron chi connectivity index (χ0n) is 11.1. The summed E-state index contributed by atoms with van der Waals surface area (Å²) in [6.07, 6.45) is 1.72. The summed E-state index contributed by atoms with van der Waals surface area (Å²) >= 11 is 0. The van der Waals surface area contributed by atoms with E-state index in [-0.39, 0.29) is 30.5 Å². The number of amides is 2. The summed E-state index contributed by atoms with van der Waals surface area (Å²) in [6.45, 7) is 0.156. The van der Waals surface area contributed by atoms with Crippen molar-refractivity contribution >= 4 is 11.8 Å². The second-order valence-corrected chi connectivity index (χ2v) is 4.78. The van der Waals surface area contributed by atoms with Crippen molar-refractivity contribution in [1.82, 2.24) is 9.88 Å². The van der Waals surface area contributed by atoms with Crippen LogP contribution in [0.4, 0.5) is 0 Å². The summed E-state index contributed by atoms with van der Waals surface area (Å²) in [5, 5.41) is 8.84. The number of carbonyl (C=O) groups excluding carboxylic acids is 2. The van der Waals surface area contributed by atoms with Crippen molar-refractivity contribution in [3.8, 4) is 6.07 Å². The molecule has 0 spiro atoms. The van der Waals surface area contributed by atoms with Crippen LogP contribution < -0.4 is 0 Å². The highest BCUT2D eigenvalue weighted by atomic mass is 16.2. The van der Waals surface area contributed by atoms with Crippen molar-refractivity contribution < 1.29 is 9.59 Å². The van der Waals surface area contributed by atoms with E-state index in [1.807, 2.05) is 12.1 Å². The summed E-state index contributed by atoms with van der Waals surface area (Å²) in [4.78, 5) is 29.7. The van der Waals surface area contributed by atoms with E-state index < -0.39 is 0 Å². The smallest absolute Gasteiger partial charge is 0.261 e. The average molecular weight is 277 g/mol. The molecule has 0 radical (unpaired) electrons. The molecule has 102 valence electrons. The Hall–Kier alpha value is -3.00. The molecule has 0 bridgehead atoms. The highest BCUT2D eigenvalue weighted by molar-refractivity contribution is 6.09. The fourth-order valence-corrected chi connectivity index (χ4v) is 2.38. The molecule has 1 aromatic heterocycles. The molecule has 0 unspecified atom stereocenters. The molecule has 1 aliphatic heterocycles. The number of fused-ring (bicyclic) bond motifs is 1. The predicted octanol–water partition coefficient (Wildman–Crippen LogP) is 1.68. The van der Waals surface area contributed by atoms with Gasteiger partial charge in [0.15, 0.2) is 0 Å². The van der Waals surface area contributed by atoms with Crippen molar-refractivity contribution in [2.45, 2.75) is 13.0 Å². The predicted molar refractivity (Wildman–Crippen MR) is 74.0 cm³/mol. The van der Waals surface area contributed by atoms with Gasteiger partial charge >= 0.3 is 0 Å². The van der Waals surface area contributed by atoms with Crippen LogP contribution in [-0.4, -0.2) is 21.7 Å². The SMILES string of the molecule is N#Cc1cc(CN2C(=O)Cc3ccccc3C2=O)ccn1. The molecular weight excluding hydrogens is 266 g/mol. The van der Waals surface area contributed by atoms with Gasteiger partial charge in [0.25, 0.3) is 5.91 Å². The minimum Gasteiger partial charge on any atom is -0.274 e. The third-order valence-electron chi connectivity index (χ3n) is 3.42. The van der Waals surface area contributed by atoms with Gasteiger partial charge in [0.2, 0.25) is 5.91 Å². The lowest BCUT2D eigenvalue weighted by atomic mass is 9.98. The lowest BCUT2D eigenvalue weighted by molar-refractivity contribution is -0.128. The van der Waals surface area contributed by atoms with Crippen molar-refractivity contribution in [3.05, 3.63) is 65.0 Å². The molecule has 0 saturated carbocycles. The van der Waals surface area contributed by atoms with Crippen LogP contribution in [0.2, 0.25) is 0 Å². The number of aromatic nitrogens is 1. The molecule has 5 nitrogen and oxygen atoms in total. The van der Waals surface area contributed by atoms with Gasteiger partial charge in [0.1, 0.15) is 11.8 Å². The minimum atomic E-state index is -0.294. The molecule has 0 saturated heterocycles. The summed E-state index contributed by atoms with van der Waals surface area (Å²) < 4.78 is 0. The standard InChI is InChI=1S/C16H11N3O2/c17-9-13-7-11(5-6-18-13)10-19-15(20)8-12-3-1-2-4-14(12)16(19)21/h1-7H,8,10H2. The lowest BCUT2D eigenvalue weighted by Gasteiger charge is -2.26. The van der Waals surface area contributed by atoms with Crippen molar-refractivity contribution in [2.75, 3.05) is 0 Å². The Bertz CT molecular complexity index is 777. The number of hydrogen-bond donors (Lipinski definition) is 0. The van der Waals surface area contributed by atoms with E-state index in [0.29, 0.717) is 11.1 Å². The monoisotopic (exact) mass is 277 g/mol. The first kappa shape index (κ1) is 13.0. The Labute approximate surface area is 121 Å². The molecule has 2 amide bonds. The van der Waals surface area contributed by atoms with E-state index >= 15 is 0 Å². The van der Waals surface area contributed by atoms with Gasteiger partial charge < -0.3 is 0 Å². The van der Waals surface area contributed by atoms with Gasteiger partial charge in [0, 0.05) is 11.8 Å². The van der Waals surface area contributed by atoms with Crippen molar-refractivity contribution in [2.24, 2.45) is 0 Å². The number of benzene rings is 1. The van der Waals surface area contributed by atoms with Gasteiger partial charge in [0.05, 0.1) is 13.0 Å². The van der Waals surface area contributed by atoms with E-state index in [9.17, 15) is 9.59 Å². The van der Waals surface area contributed by atoms with Crippen LogP contribution in [0, 0.1) is 11.3 Å². The molecule has 0 atom stereocenters. The summed E-state index contributed by atoms with van der Waals surface area (Å²) in [5.41, 5.74) is 2.30. The number of carbonyl (C=O) groups is 2. The molecule has 2 heterocycles. The largest absolute Gasteiger partial charge is 0.274 e. The zero-order chi connectivity index (χ0) is 14.8. The molecule has 1 aromatic carbocycles. The second-order valence-electron chi connectivity index (χ2n) is 4.78. The molecule has 3 rings (SSSR count). The van der Waals surface area contributed by atoms with Gasteiger partial charge in [-0.2, -0.15) is 5.26 Å². The number of hydrogen-bond acceptors (Lipinski definition) is 4. The Morgan fingerprint density at radius 1 is 1.24 bits per heavy atom. The number of rotatable bonds is 2. The van der Waals surface area contributed by atoms with Gasteiger partial charge in [-0.3, -0.25) is 14.5 Å². The van der Waals surface area contributed by atoms with Gasteiger partial charge in [-0.1, -0.05) is 18.2 Å². The van der Waals surface area contributed by atoms with Crippen LogP contribution in [0.3, 0.4) is 0 Å².